The highest BCUT2D eigenvalue weighted by atomic mass is 35.5. The van der Waals surface area contributed by atoms with E-state index in [0.717, 1.165) is 5.69 Å². The first kappa shape index (κ1) is 8.09. The predicted octanol–water partition coefficient (Wildman–Crippen LogP) is 2.17. The van der Waals surface area contributed by atoms with Gasteiger partial charge < -0.3 is 0 Å². The summed E-state index contributed by atoms with van der Waals surface area (Å²) in [6.45, 7) is 1.91. The van der Waals surface area contributed by atoms with E-state index in [0.29, 0.717) is 11.3 Å². The molecular formula is C9H6ClN3. The van der Waals surface area contributed by atoms with Gasteiger partial charge in [-0.15, -0.1) is 0 Å². The number of aryl methyl sites for hydroxylation is 1. The summed E-state index contributed by atoms with van der Waals surface area (Å²) in [7, 11) is 0. The molecule has 0 radical (unpaired) electrons. The molecule has 0 atom stereocenters. The van der Waals surface area contributed by atoms with Gasteiger partial charge in [0.2, 0.25) is 0 Å². The zero-order valence-corrected chi connectivity index (χ0v) is 7.71. The molecule has 2 rings (SSSR count). The molecule has 0 aliphatic carbocycles. The zero-order valence-electron chi connectivity index (χ0n) is 6.95. The lowest BCUT2D eigenvalue weighted by molar-refractivity contribution is 1.07. The van der Waals surface area contributed by atoms with Crippen LogP contribution >= 0.6 is 11.6 Å². The van der Waals surface area contributed by atoms with E-state index in [9.17, 15) is 0 Å². The average Bonchev–Trinajstić information content (AvgIpc) is 2.42. The van der Waals surface area contributed by atoms with Gasteiger partial charge in [-0.2, -0.15) is 5.26 Å². The van der Waals surface area contributed by atoms with E-state index in [1.807, 2.05) is 31.2 Å². The average molecular weight is 192 g/mol. The van der Waals surface area contributed by atoms with Gasteiger partial charge in [-0.3, -0.25) is 4.40 Å². The van der Waals surface area contributed by atoms with E-state index in [2.05, 4.69) is 4.98 Å². The molecule has 0 aliphatic rings. The van der Waals surface area contributed by atoms with Crippen molar-refractivity contribution >= 4 is 17.2 Å². The number of halogens is 1. The summed E-state index contributed by atoms with van der Waals surface area (Å²) in [6, 6.07) is 7.64. The summed E-state index contributed by atoms with van der Waals surface area (Å²) in [5, 5.41) is 9.10. The lowest BCUT2D eigenvalue weighted by atomic mass is 10.3. The van der Waals surface area contributed by atoms with E-state index < -0.39 is 0 Å². The van der Waals surface area contributed by atoms with E-state index in [4.69, 9.17) is 16.9 Å². The van der Waals surface area contributed by atoms with Crippen molar-refractivity contribution in [3.05, 3.63) is 34.7 Å². The van der Waals surface area contributed by atoms with Gasteiger partial charge in [0.25, 0.3) is 0 Å². The number of nitrogens with zero attached hydrogens (tertiary/aromatic N) is 3. The second-order valence-electron chi connectivity index (χ2n) is 2.72. The Morgan fingerprint density at radius 2 is 2.31 bits per heavy atom. The molecule has 0 amide bonds. The highest BCUT2D eigenvalue weighted by molar-refractivity contribution is 6.30. The molecule has 13 heavy (non-hydrogen) atoms. The van der Waals surface area contributed by atoms with Crippen LogP contribution in [0.5, 0.6) is 0 Å². The number of hydrogen-bond donors (Lipinski definition) is 0. The number of imidazole rings is 1. The molecule has 0 spiro atoms. The standard InChI is InChI=1S/C9H6ClN3/c1-6-3-2-4-8-12-9(10)7(5-11)13(6)8/h2-4H,1H3. The van der Waals surface area contributed by atoms with Crippen LogP contribution in [-0.2, 0) is 0 Å². The highest BCUT2D eigenvalue weighted by Crippen LogP contribution is 2.18. The lowest BCUT2D eigenvalue weighted by Crippen LogP contribution is -1.92. The molecule has 3 nitrogen and oxygen atoms in total. The van der Waals surface area contributed by atoms with Gasteiger partial charge >= 0.3 is 0 Å². The van der Waals surface area contributed by atoms with Crippen molar-refractivity contribution in [2.45, 2.75) is 6.92 Å². The molecule has 0 aliphatic heterocycles. The minimum atomic E-state index is 0.261. The predicted molar refractivity (Wildman–Crippen MR) is 49.7 cm³/mol. The monoisotopic (exact) mass is 191 g/mol. The number of pyridine rings is 1. The van der Waals surface area contributed by atoms with Crippen LogP contribution < -0.4 is 0 Å². The first-order valence-corrected chi connectivity index (χ1v) is 4.15. The number of hydrogen-bond acceptors (Lipinski definition) is 2. The van der Waals surface area contributed by atoms with E-state index in [-0.39, 0.29) is 5.15 Å². The van der Waals surface area contributed by atoms with Gasteiger partial charge in [0.05, 0.1) is 0 Å². The molecule has 64 valence electrons. The van der Waals surface area contributed by atoms with E-state index in [1.165, 1.54) is 0 Å². The summed E-state index contributed by atoms with van der Waals surface area (Å²) < 4.78 is 1.74. The Labute approximate surface area is 80.2 Å². The van der Waals surface area contributed by atoms with Crippen LogP contribution in [0.4, 0.5) is 0 Å². The molecule has 0 unspecified atom stereocenters. The minimum Gasteiger partial charge on any atom is -0.287 e. The molecule has 4 heteroatoms. The molecule has 0 saturated heterocycles. The minimum absolute atomic E-state index is 0.261. The zero-order chi connectivity index (χ0) is 9.42. The van der Waals surface area contributed by atoms with E-state index in [1.54, 1.807) is 4.40 Å². The molecule has 0 saturated carbocycles. The van der Waals surface area contributed by atoms with E-state index >= 15 is 0 Å². The maximum absolute atomic E-state index is 8.83. The molecule has 0 bridgehead atoms. The number of nitriles is 1. The van der Waals surface area contributed by atoms with Crippen molar-refractivity contribution in [3.63, 3.8) is 0 Å². The third-order valence-corrected chi connectivity index (χ3v) is 2.17. The number of aromatic nitrogens is 2. The fraction of sp³-hybridized carbons (Fsp3) is 0.111. The van der Waals surface area contributed by atoms with Gasteiger partial charge in [-0.25, -0.2) is 4.98 Å². The Hall–Kier alpha value is -1.53. The molecule has 2 aromatic rings. The fourth-order valence-electron chi connectivity index (χ4n) is 1.32. The summed E-state index contributed by atoms with van der Waals surface area (Å²) in [4.78, 5) is 4.05. The Kier molecular flexibility index (Phi) is 1.71. The Balaban J connectivity index is 2.99. The molecule has 0 N–H and O–H groups in total. The van der Waals surface area contributed by atoms with Crippen molar-refractivity contribution in [3.8, 4) is 6.07 Å². The quantitative estimate of drug-likeness (QED) is 0.641. The highest BCUT2D eigenvalue weighted by Gasteiger charge is 2.09. The van der Waals surface area contributed by atoms with Gasteiger partial charge in [0.15, 0.2) is 10.8 Å². The molecule has 0 aromatic carbocycles. The van der Waals surface area contributed by atoms with Crippen molar-refractivity contribution in [2.24, 2.45) is 0 Å². The van der Waals surface area contributed by atoms with Crippen LogP contribution in [0.2, 0.25) is 5.15 Å². The van der Waals surface area contributed by atoms with Crippen LogP contribution in [0.25, 0.3) is 5.65 Å². The van der Waals surface area contributed by atoms with Crippen molar-refractivity contribution in [1.29, 1.82) is 5.26 Å². The normalized spacial score (nSPS) is 10.2. The summed E-state index contributed by atoms with van der Waals surface area (Å²) >= 11 is 5.79. The summed E-state index contributed by atoms with van der Waals surface area (Å²) in [6.07, 6.45) is 0. The first-order chi connectivity index (χ1) is 6.24. The second-order valence-corrected chi connectivity index (χ2v) is 3.08. The largest absolute Gasteiger partial charge is 0.287 e. The van der Waals surface area contributed by atoms with Crippen LogP contribution in [0.1, 0.15) is 11.4 Å². The number of fused-ring (bicyclic) bond motifs is 1. The Morgan fingerprint density at radius 3 is 3.00 bits per heavy atom. The van der Waals surface area contributed by atoms with Crippen molar-refractivity contribution < 1.29 is 0 Å². The first-order valence-electron chi connectivity index (χ1n) is 3.77. The second kappa shape index (κ2) is 2.75. The third kappa shape index (κ3) is 1.07. The van der Waals surface area contributed by atoms with Gasteiger partial charge in [-0.1, -0.05) is 17.7 Å². The van der Waals surface area contributed by atoms with Crippen molar-refractivity contribution in [1.82, 2.24) is 9.38 Å². The topological polar surface area (TPSA) is 41.1 Å². The maximum atomic E-state index is 8.83. The van der Waals surface area contributed by atoms with Crippen LogP contribution in [0.3, 0.4) is 0 Å². The van der Waals surface area contributed by atoms with Crippen molar-refractivity contribution in [2.75, 3.05) is 0 Å². The lowest BCUT2D eigenvalue weighted by Gasteiger charge is -1.98. The Morgan fingerprint density at radius 1 is 1.54 bits per heavy atom. The number of rotatable bonds is 0. The van der Waals surface area contributed by atoms with Crippen LogP contribution in [0.15, 0.2) is 18.2 Å². The fourth-order valence-corrected chi connectivity index (χ4v) is 1.54. The third-order valence-electron chi connectivity index (χ3n) is 1.90. The summed E-state index contributed by atoms with van der Waals surface area (Å²) in [5.74, 6) is 0. The summed E-state index contributed by atoms with van der Waals surface area (Å²) in [5.41, 5.74) is 2.06. The molecule has 0 fully saturated rings. The molecule has 2 aromatic heterocycles. The molecule has 2 heterocycles. The van der Waals surface area contributed by atoms with Crippen LogP contribution in [0, 0.1) is 18.3 Å². The molecular weight excluding hydrogens is 186 g/mol. The Bertz CT molecular complexity index is 507. The van der Waals surface area contributed by atoms with Crippen LogP contribution in [-0.4, -0.2) is 9.38 Å². The van der Waals surface area contributed by atoms with Gasteiger partial charge in [0, 0.05) is 5.69 Å². The van der Waals surface area contributed by atoms with Gasteiger partial charge in [0.1, 0.15) is 11.7 Å². The van der Waals surface area contributed by atoms with Gasteiger partial charge in [-0.05, 0) is 19.1 Å². The maximum Gasteiger partial charge on any atom is 0.166 e. The smallest absolute Gasteiger partial charge is 0.166 e. The SMILES string of the molecule is Cc1cccc2nc(Cl)c(C#N)n12.